The third-order valence-electron chi connectivity index (χ3n) is 3.54. The second-order valence-corrected chi connectivity index (χ2v) is 5.01. The van der Waals surface area contributed by atoms with Crippen LogP contribution in [0.1, 0.15) is 31.1 Å². The molecule has 3 aromatic rings. The molecule has 0 fully saturated rings. The molecule has 0 aliphatic heterocycles. The zero-order valence-corrected chi connectivity index (χ0v) is 12.1. The van der Waals surface area contributed by atoms with Crippen molar-refractivity contribution in [2.75, 3.05) is 5.32 Å². The molecule has 2 N–H and O–H groups in total. The Morgan fingerprint density at radius 3 is 2.86 bits per heavy atom. The molecule has 0 aliphatic rings. The van der Waals surface area contributed by atoms with Gasteiger partial charge in [0.15, 0.2) is 5.65 Å². The summed E-state index contributed by atoms with van der Waals surface area (Å²) in [6, 6.07) is 11.2. The van der Waals surface area contributed by atoms with Gasteiger partial charge in [0.2, 0.25) is 0 Å². The third-order valence-corrected chi connectivity index (χ3v) is 3.54. The van der Waals surface area contributed by atoms with E-state index in [-0.39, 0.29) is 6.04 Å². The molecule has 1 aromatic carbocycles. The number of nitrogens with one attached hydrogen (secondary N) is 1. The van der Waals surface area contributed by atoms with Crippen LogP contribution in [0.15, 0.2) is 42.6 Å². The molecule has 3 rings (SSSR count). The van der Waals surface area contributed by atoms with E-state index in [0.717, 1.165) is 29.1 Å². The molecule has 0 amide bonds. The first-order chi connectivity index (χ1) is 10.2. The Morgan fingerprint density at radius 1 is 1.29 bits per heavy atom. The molecule has 2 heterocycles. The quantitative estimate of drug-likeness (QED) is 0.771. The van der Waals surface area contributed by atoms with Gasteiger partial charge in [-0.05, 0) is 19.4 Å². The maximum Gasteiger partial charge on any atom is 0.157 e. The van der Waals surface area contributed by atoms with Gasteiger partial charge in [-0.25, -0.2) is 4.98 Å². The normalized spacial score (nSPS) is 12.5. The molecule has 1 atom stereocenters. The topological polar surface area (TPSA) is 62.5 Å². The lowest BCUT2D eigenvalue weighted by Crippen LogP contribution is -2.11. The SMILES string of the molecule is CCc1cc(NC(C)c2ccccc2O)n2nccc2n1. The number of hydrogen-bond donors (Lipinski definition) is 2. The Labute approximate surface area is 123 Å². The molecule has 0 saturated carbocycles. The Bertz CT molecular complexity index is 766. The zero-order chi connectivity index (χ0) is 14.8. The monoisotopic (exact) mass is 282 g/mol. The molecule has 0 spiro atoms. The van der Waals surface area contributed by atoms with E-state index in [2.05, 4.69) is 22.3 Å². The second-order valence-electron chi connectivity index (χ2n) is 5.01. The van der Waals surface area contributed by atoms with Crippen molar-refractivity contribution in [2.24, 2.45) is 0 Å². The summed E-state index contributed by atoms with van der Waals surface area (Å²) >= 11 is 0. The first-order valence-corrected chi connectivity index (χ1v) is 7.07. The molecule has 0 radical (unpaired) electrons. The molecular weight excluding hydrogens is 264 g/mol. The summed E-state index contributed by atoms with van der Waals surface area (Å²) in [4.78, 5) is 4.52. The van der Waals surface area contributed by atoms with E-state index in [1.54, 1.807) is 16.8 Å². The van der Waals surface area contributed by atoms with Crippen LogP contribution in [0, 0.1) is 0 Å². The van der Waals surface area contributed by atoms with E-state index >= 15 is 0 Å². The average molecular weight is 282 g/mol. The van der Waals surface area contributed by atoms with Crippen LogP contribution in [0.3, 0.4) is 0 Å². The van der Waals surface area contributed by atoms with Gasteiger partial charge in [-0.3, -0.25) is 0 Å². The Kier molecular flexibility index (Phi) is 3.48. The number of aromatic hydroxyl groups is 1. The lowest BCUT2D eigenvalue weighted by molar-refractivity contribution is 0.465. The lowest BCUT2D eigenvalue weighted by Gasteiger charge is -2.18. The molecule has 108 valence electrons. The minimum Gasteiger partial charge on any atom is -0.508 e. The van der Waals surface area contributed by atoms with E-state index in [0.29, 0.717) is 5.75 Å². The van der Waals surface area contributed by atoms with E-state index in [4.69, 9.17) is 0 Å². The first-order valence-electron chi connectivity index (χ1n) is 7.07. The van der Waals surface area contributed by atoms with Gasteiger partial charge < -0.3 is 10.4 Å². The molecule has 0 saturated heterocycles. The van der Waals surface area contributed by atoms with Gasteiger partial charge in [-0.2, -0.15) is 9.61 Å². The van der Waals surface area contributed by atoms with Crippen LogP contribution in [0.4, 0.5) is 5.82 Å². The highest BCUT2D eigenvalue weighted by molar-refractivity contribution is 5.51. The van der Waals surface area contributed by atoms with Crippen molar-refractivity contribution in [3.63, 3.8) is 0 Å². The maximum atomic E-state index is 9.96. The van der Waals surface area contributed by atoms with Crippen molar-refractivity contribution in [2.45, 2.75) is 26.3 Å². The van der Waals surface area contributed by atoms with E-state index < -0.39 is 0 Å². The van der Waals surface area contributed by atoms with Gasteiger partial charge >= 0.3 is 0 Å². The summed E-state index contributed by atoms with van der Waals surface area (Å²) in [5.41, 5.74) is 2.68. The molecule has 2 aromatic heterocycles. The van der Waals surface area contributed by atoms with Crippen LogP contribution in [0.25, 0.3) is 5.65 Å². The number of aromatic nitrogens is 3. The molecule has 0 aliphatic carbocycles. The van der Waals surface area contributed by atoms with Gasteiger partial charge in [0, 0.05) is 23.4 Å². The van der Waals surface area contributed by atoms with E-state index in [1.165, 1.54) is 0 Å². The van der Waals surface area contributed by atoms with Crippen molar-refractivity contribution in [3.8, 4) is 5.75 Å². The average Bonchev–Trinajstić information content (AvgIpc) is 2.96. The summed E-state index contributed by atoms with van der Waals surface area (Å²) in [7, 11) is 0. The van der Waals surface area contributed by atoms with Crippen LogP contribution < -0.4 is 5.32 Å². The van der Waals surface area contributed by atoms with Crippen LogP contribution >= 0.6 is 0 Å². The van der Waals surface area contributed by atoms with Crippen LogP contribution in [0.5, 0.6) is 5.75 Å². The van der Waals surface area contributed by atoms with Gasteiger partial charge in [-0.15, -0.1) is 0 Å². The number of nitrogens with zero attached hydrogens (tertiary/aromatic N) is 3. The largest absolute Gasteiger partial charge is 0.508 e. The van der Waals surface area contributed by atoms with Crippen molar-refractivity contribution < 1.29 is 5.11 Å². The van der Waals surface area contributed by atoms with Crippen LogP contribution in [-0.2, 0) is 6.42 Å². The van der Waals surface area contributed by atoms with Crippen molar-refractivity contribution in [1.29, 1.82) is 0 Å². The van der Waals surface area contributed by atoms with Crippen LogP contribution in [-0.4, -0.2) is 19.7 Å². The van der Waals surface area contributed by atoms with Crippen molar-refractivity contribution in [1.82, 2.24) is 14.6 Å². The number of phenolic OH excluding ortho intramolecular Hbond substituents is 1. The number of fused-ring (bicyclic) bond motifs is 1. The van der Waals surface area contributed by atoms with Crippen molar-refractivity contribution >= 4 is 11.5 Å². The van der Waals surface area contributed by atoms with E-state index in [9.17, 15) is 5.11 Å². The lowest BCUT2D eigenvalue weighted by atomic mass is 10.1. The number of hydrogen-bond acceptors (Lipinski definition) is 4. The number of benzene rings is 1. The Balaban J connectivity index is 1.97. The minimum absolute atomic E-state index is 0.0364. The number of anilines is 1. The molecule has 5 heteroatoms. The number of phenols is 1. The third kappa shape index (κ3) is 2.54. The fraction of sp³-hybridized carbons (Fsp3) is 0.250. The first kappa shape index (κ1) is 13.4. The molecule has 0 bridgehead atoms. The van der Waals surface area contributed by atoms with Gasteiger partial charge in [0.1, 0.15) is 11.6 Å². The molecule has 1 unspecified atom stereocenters. The maximum absolute atomic E-state index is 9.96. The smallest absolute Gasteiger partial charge is 0.157 e. The van der Waals surface area contributed by atoms with Gasteiger partial charge in [0.25, 0.3) is 0 Å². The van der Waals surface area contributed by atoms with Gasteiger partial charge in [-0.1, -0.05) is 25.1 Å². The summed E-state index contributed by atoms with van der Waals surface area (Å²) in [6.07, 6.45) is 2.60. The second kappa shape index (κ2) is 5.44. The highest BCUT2D eigenvalue weighted by Crippen LogP contribution is 2.26. The highest BCUT2D eigenvalue weighted by Gasteiger charge is 2.12. The highest BCUT2D eigenvalue weighted by atomic mass is 16.3. The fourth-order valence-electron chi connectivity index (χ4n) is 2.40. The molecule has 21 heavy (non-hydrogen) atoms. The summed E-state index contributed by atoms with van der Waals surface area (Å²) in [6.45, 7) is 4.09. The zero-order valence-electron chi connectivity index (χ0n) is 12.1. The molecule has 5 nitrogen and oxygen atoms in total. The van der Waals surface area contributed by atoms with Gasteiger partial charge in [0.05, 0.1) is 12.2 Å². The Morgan fingerprint density at radius 2 is 2.10 bits per heavy atom. The van der Waals surface area contributed by atoms with Crippen LogP contribution in [0.2, 0.25) is 0 Å². The predicted molar refractivity (Wildman–Crippen MR) is 82.5 cm³/mol. The summed E-state index contributed by atoms with van der Waals surface area (Å²) in [5.74, 6) is 1.16. The van der Waals surface area contributed by atoms with E-state index in [1.807, 2.05) is 37.3 Å². The fourth-order valence-corrected chi connectivity index (χ4v) is 2.40. The number of aryl methyl sites for hydroxylation is 1. The summed E-state index contributed by atoms with van der Waals surface area (Å²) < 4.78 is 1.77. The number of rotatable bonds is 4. The standard InChI is InChI=1S/C16H18N4O/c1-3-12-10-16(20-15(19-12)8-9-17-20)18-11(2)13-6-4-5-7-14(13)21/h4-11,18,21H,3H2,1-2H3. The Hall–Kier alpha value is -2.56. The molecular formula is C16H18N4O. The minimum atomic E-state index is -0.0364. The van der Waals surface area contributed by atoms with Crippen molar-refractivity contribution in [3.05, 3.63) is 53.9 Å². The summed E-state index contributed by atoms with van der Waals surface area (Å²) in [5, 5.41) is 17.7. The number of para-hydroxylation sites is 1. The predicted octanol–water partition coefficient (Wildman–Crippen LogP) is 3.17.